The molecule has 0 aromatic heterocycles. The van der Waals surface area contributed by atoms with Crippen molar-refractivity contribution in [2.45, 2.75) is 32.1 Å². The minimum atomic E-state index is -0.279. The van der Waals surface area contributed by atoms with Crippen LogP contribution in [0.5, 0.6) is 0 Å². The van der Waals surface area contributed by atoms with Gasteiger partial charge in [0.1, 0.15) is 5.82 Å². The van der Waals surface area contributed by atoms with Crippen molar-refractivity contribution in [1.29, 1.82) is 0 Å². The van der Waals surface area contributed by atoms with Crippen LogP contribution in [-0.4, -0.2) is 0 Å². The molecule has 0 bridgehead atoms. The van der Waals surface area contributed by atoms with Gasteiger partial charge in [0.25, 0.3) is 0 Å². The van der Waals surface area contributed by atoms with Crippen LogP contribution in [0.1, 0.15) is 36.3 Å². The predicted octanol–water partition coefficient (Wildman–Crippen LogP) is 4.87. The van der Waals surface area contributed by atoms with Gasteiger partial charge in [0.05, 0.1) is 5.38 Å². The molecule has 0 aliphatic rings. The van der Waals surface area contributed by atoms with Gasteiger partial charge in [-0.3, -0.25) is 0 Å². The summed E-state index contributed by atoms with van der Waals surface area (Å²) in [6.45, 7) is 3.77. The van der Waals surface area contributed by atoms with Crippen LogP contribution in [0.4, 0.5) is 4.39 Å². The Morgan fingerprint density at radius 3 is 2.64 bits per heavy atom. The molecular weight excluding hydrogens is 222 g/mol. The molecule has 3 heteroatoms. The van der Waals surface area contributed by atoms with Crippen LogP contribution in [0.15, 0.2) is 12.1 Å². The normalized spacial score (nSPS) is 12.9. The summed E-state index contributed by atoms with van der Waals surface area (Å²) < 4.78 is 13.1. The van der Waals surface area contributed by atoms with Crippen molar-refractivity contribution in [2.75, 3.05) is 0 Å². The van der Waals surface area contributed by atoms with E-state index in [-0.39, 0.29) is 11.2 Å². The van der Waals surface area contributed by atoms with E-state index in [9.17, 15) is 4.39 Å². The fraction of sp³-hybridized carbons (Fsp3) is 0.455. The van der Waals surface area contributed by atoms with Crippen molar-refractivity contribution < 1.29 is 4.39 Å². The Bertz CT molecular complexity index is 323. The van der Waals surface area contributed by atoms with E-state index in [1.165, 1.54) is 6.07 Å². The van der Waals surface area contributed by atoms with Gasteiger partial charge in [-0.05, 0) is 30.5 Å². The molecule has 0 heterocycles. The van der Waals surface area contributed by atoms with Gasteiger partial charge in [0, 0.05) is 5.02 Å². The average Bonchev–Trinajstić information content (AvgIpc) is 2.11. The van der Waals surface area contributed by atoms with Crippen molar-refractivity contribution in [1.82, 2.24) is 0 Å². The first-order chi connectivity index (χ1) is 6.56. The lowest BCUT2D eigenvalue weighted by molar-refractivity contribution is 0.617. The van der Waals surface area contributed by atoms with E-state index in [1.807, 2.05) is 0 Å². The molecule has 78 valence electrons. The van der Waals surface area contributed by atoms with E-state index >= 15 is 0 Å². The van der Waals surface area contributed by atoms with Crippen LogP contribution in [0.25, 0.3) is 0 Å². The summed E-state index contributed by atoms with van der Waals surface area (Å²) in [6.07, 6.45) is 1.84. The number of hydrogen-bond donors (Lipinski definition) is 0. The lowest BCUT2D eigenvalue weighted by atomic mass is 10.1. The van der Waals surface area contributed by atoms with Crippen LogP contribution in [0.3, 0.4) is 0 Å². The summed E-state index contributed by atoms with van der Waals surface area (Å²) in [5, 5.41) is 0.299. The van der Waals surface area contributed by atoms with Crippen LogP contribution in [0.2, 0.25) is 5.02 Å². The Morgan fingerprint density at radius 2 is 2.07 bits per heavy atom. The zero-order chi connectivity index (χ0) is 10.7. The first-order valence-corrected chi connectivity index (χ1v) is 5.47. The second-order valence-electron chi connectivity index (χ2n) is 3.38. The maximum absolute atomic E-state index is 13.1. The highest BCUT2D eigenvalue weighted by molar-refractivity contribution is 6.32. The van der Waals surface area contributed by atoms with E-state index in [0.717, 1.165) is 18.4 Å². The van der Waals surface area contributed by atoms with Gasteiger partial charge in [-0.15, -0.1) is 11.6 Å². The number of hydrogen-bond acceptors (Lipinski definition) is 0. The lowest BCUT2D eigenvalue weighted by Crippen LogP contribution is -1.94. The molecular formula is C11H13Cl2F. The summed E-state index contributed by atoms with van der Waals surface area (Å²) >= 11 is 12.0. The second kappa shape index (κ2) is 4.99. The molecule has 1 unspecified atom stereocenters. The summed E-state index contributed by atoms with van der Waals surface area (Å²) in [5.41, 5.74) is 1.42. The highest BCUT2D eigenvalue weighted by atomic mass is 35.5. The minimum Gasteiger partial charge on any atom is -0.207 e. The molecule has 14 heavy (non-hydrogen) atoms. The van der Waals surface area contributed by atoms with Crippen LogP contribution in [0, 0.1) is 12.7 Å². The van der Waals surface area contributed by atoms with Gasteiger partial charge in [-0.25, -0.2) is 4.39 Å². The second-order valence-corrected chi connectivity index (χ2v) is 4.31. The third kappa shape index (κ3) is 2.61. The topological polar surface area (TPSA) is 0 Å². The molecule has 0 spiro atoms. The Morgan fingerprint density at radius 1 is 1.43 bits per heavy atom. The summed E-state index contributed by atoms with van der Waals surface area (Å²) in [6, 6.07) is 3.06. The molecule has 1 rings (SSSR count). The molecule has 0 aliphatic carbocycles. The SMILES string of the molecule is CCCC(Cl)c1cc(C)c(F)cc1Cl. The Balaban J connectivity index is 3.02. The highest BCUT2D eigenvalue weighted by Gasteiger charge is 2.13. The Labute approximate surface area is 94.0 Å². The summed E-state index contributed by atoms with van der Waals surface area (Å²) in [5.74, 6) is -0.279. The average molecular weight is 235 g/mol. The molecule has 1 aromatic carbocycles. The largest absolute Gasteiger partial charge is 0.207 e. The van der Waals surface area contributed by atoms with Crippen LogP contribution < -0.4 is 0 Å². The van der Waals surface area contributed by atoms with Crippen LogP contribution >= 0.6 is 23.2 Å². The van der Waals surface area contributed by atoms with Gasteiger partial charge in [-0.2, -0.15) is 0 Å². The number of aryl methyl sites for hydroxylation is 1. The fourth-order valence-electron chi connectivity index (χ4n) is 1.33. The summed E-state index contributed by atoms with van der Waals surface area (Å²) in [7, 11) is 0. The van der Waals surface area contributed by atoms with Gasteiger partial charge in [0.15, 0.2) is 0 Å². The fourth-order valence-corrected chi connectivity index (χ4v) is 2.07. The molecule has 1 atom stereocenters. The standard InChI is InChI=1S/C11H13Cl2F/c1-3-4-9(12)8-5-7(2)11(14)6-10(8)13/h5-6,9H,3-4H2,1-2H3. The third-order valence-corrected chi connectivity index (χ3v) is 2.94. The minimum absolute atomic E-state index is 0.119. The zero-order valence-electron chi connectivity index (χ0n) is 8.28. The molecule has 0 saturated carbocycles. The predicted molar refractivity (Wildman–Crippen MR) is 59.6 cm³/mol. The van der Waals surface area contributed by atoms with Crippen molar-refractivity contribution in [2.24, 2.45) is 0 Å². The maximum atomic E-state index is 13.1. The lowest BCUT2D eigenvalue weighted by Gasteiger charge is -2.11. The Hall–Kier alpha value is -0.270. The van der Waals surface area contributed by atoms with Gasteiger partial charge in [0.2, 0.25) is 0 Å². The van der Waals surface area contributed by atoms with Crippen molar-refractivity contribution in [3.8, 4) is 0 Å². The molecule has 0 aliphatic heterocycles. The molecule has 0 radical (unpaired) electrons. The number of alkyl halides is 1. The molecule has 0 amide bonds. The van der Waals surface area contributed by atoms with E-state index in [1.54, 1.807) is 13.0 Å². The van der Waals surface area contributed by atoms with Crippen molar-refractivity contribution >= 4 is 23.2 Å². The van der Waals surface area contributed by atoms with Gasteiger partial charge >= 0.3 is 0 Å². The maximum Gasteiger partial charge on any atom is 0.127 e. The Kier molecular flexibility index (Phi) is 4.21. The molecule has 0 fully saturated rings. The number of rotatable bonds is 3. The number of halogens is 3. The monoisotopic (exact) mass is 234 g/mol. The molecule has 0 N–H and O–H groups in total. The van der Waals surface area contributed by atoms with Gasteiger partial charge in [-0.1, -0.05) is 31.0 Å². The van der Waals surface area contributed by atoms with E-state index in [4.69, 9.17) is 23.2 Å². The van der Waals surface area contributed by atoms with E-state index < -0.39 is 0 Å². The van der Waals surface area contributed by atoms with Gasteiger partial charge < -0.3 is 0 Å². The number of benzene rings is 1. The molecule has 0 nitrogen and oxygen atoms in total. The van der Waals surface area contributed by atoms with Crippen molar-refractivity contribution in [3.63, 3.8) is 0 Å². The van der Waals surface area contributed by atoms with E-state index in [0.29, 0.717) is 10.6 Å². The summed E-state index contributed by atoms with van der Waals surface area (Å²) in [4.78, 5) is 0. The smallest absolute Gasteiger partial charge is 0.127 e. The molecule has 1 aromatic rings. The zero-order valence-corrected chi connectivity index (χ0v) is 9.79. The highest BCUT2D eigenvalue weighted by Crippen LogP contribution is 2.32. The molecule has 0 saturated heterocycles. The van der Waals surface area contributed by atoms with Crippen molar-refractivity contribution in [3.05, 3.63) is 34.1 Å². The third-order valence-electron chi connectivity index (χ3n) is 2.16. The first kappa shape index (κ1) is 11.8. The quantitative estimate of drug-likeness (QED) is 0.655. The van der Waals surface area contributed by atoms with E-state index in [2.05, 4.69) is 6.92 Å². The van der Waals surface area contributed by atoms with Crippen LogP contribution in [-0.2, 0) is 0 Å². The first-order valence-electron chi connectivity index (χ1n) is 4.65.